The number of para-hydroxylation sites is 1. The number of halogens is 1. The molecule has 0 bridgehead atoms. The molecule has 0 aromatic heterocycles. The van der Waals surface area contributed by atoms with Gasteiger partial charge in [-0.25, -0.2) is 14.4 Å². The Morgan fingerprint density at radius 1 is 1.03 bits per heavy atom. The van der Waals surface area contributed by atoms with Crippen molar-refractivity contribution in [3.05, 3.63) is 101 Å². The third-order valence-electron chi connectivity index (χ3n) is 4.54. The van der Waals surface area contributed by atoms with Crippen LogP contribution in [-0.2, 0) is 4.79 Å². The van der Waals surface area contributed by atoms with Gasteiger partial charge in [0.1, 0.15) is 10.9 Å². The Labute approximate surface area is 196 Å². The molecule has 1 aliphatic rings. The average molecular weight is 462 g/mol. The molecule has 0 spiro atoms. The number of nitrogens with two attached hydrogens (primary N) is 1. The van der Waals surface area contributed by atoms with Crippen LogP contribution in [0.25, 0.3) is 0 Å². The largest absolute Gasteiger partial charge is 0.378 e. The van der Waals surface area contributed by atoms with Crippen LogP contribution in [0.15, 0.2) is 88.8 Å². The lowest BCUT2D eigenvalue weighted by molar-refractivity contribution is -0.117. The first-order valence-electron chi connectivity index (χ1n) is 10.4. The molecule has 1 atom stereocenters. The number of benzodiazepines with no additional fused rings is 1. The van der Waals surface area contributed by atoms with E-state index in [1.807, 2.05) is 62.4 Å². The second kappa shape index (κ2) is 11.2. The van der Waals surface area contributed by atoms with Gasteiger partial charge in [0, 0.05) is 16.7 Å². The number of hydrogen-bond donors (Lipinski definition) is 3. The third kappa shape index (κ3) is 5.93. The van der Waals surface area contributed by atoms with Crippen molar-refractivity contribution in [2.75, 3.05) is 5.32 Å². The Hall–Kier alpha value is -3.78. The van der Waals surface area contributed by atoms with Gasteiger partial charge < -0.3 is 11.1 Å². The van der Waals surface area contributed by atoms with Crippen molar-refractivity contribution in [1.82, 2.24) is 0 Å². The van der Waals surface area contributed by atoms with E-state index in [4.69, 9.17) is 11.1 Å². The van der Waals surface area contributed by atoms with Gasteiger partial charge in [-0.3, -0.25) is 10.2 Å². The average Bonchev–Trinajstić information content (AvgIpc) is 2.97. The number of thioether (sulfide) groups is 1. The molecule has 0 radical (unpaired) electrons. The molecule has 3 aromatic carbocycles. The summed E-state index contributed by atoms with van der Waals surface area (Å²) in [7, 11) is 0. The number of nitrogens with one attached hydrogen (secondary N) is 2. The first-order valence-corrected chi connectivity index (χ1v) is 11.2. The van der Waals surface area contributed by atoms with Crippen molar-refractivity contribution < 1.29 is 9.18 Å². The molecule has 0 saturated carbocycles. The number of hydrogen-bond acceptors (Lipinski definition) is 5. The maximum absolute atomic E-state index is 13.1. The summed E-state index contributed by atoms with van der Waals surface area (Å²) in [6, 6.07) is 22.4. The molecule has 33 heavy (non-hydrogen) atoms. The highest BCUT2D eigenvalue weighted by Crippen LogP contribution is 2.25. The fourth-order valence-corrected chi connectivity index (χ4v) is 3.69. The van der Waals surface area contributed by atoms with Crippen LogP contribution in [0.1, 0.15) is 30.5 Å². The summed E-state index contributed by atoms with van der Waals surface area (Å²) in [5.74, 6) is -0.809. The van der Waals surface area contributed by atoms with Gasteiger partial charge in [-0.15, -0.1) is 0 Å². The third-order valence-corrected chi connectivity index (χ3v) is 5.29. The van der Waals surface area contributed by atoms with Crippen molar-refractivity contribution in [2.24, 2.45) is 15.7 Å². The van der Waals surface area contributed by atoms with E-state index in [1.165, 1.54) is 24.3 Å². The summed E-state index contributed by atoms with van der Waals surface area (Å²) in [6.07, 6.45) is -1.11. The van der Waals surface area contributed by atoms with E-state index in [-0.39, 0.29) is 16.0 Å². The Bertz CT molecular complexity index is 1190. The van der Waals surface area contributed by atoms with Crippen LogP contribution in [0.5, 0.6) is 0 Å². The Morgan fingerprint density at radius 2 is 1.67 bits per heavy atom. The van der Waals surface area contributed by atoms with Crippen molar-refractivity contribution >= 4 is 39.3 Å². The Balaban J connectivity index is 0.00000149. The summed E-state index contributed by atoms with van der Waals surface area (Å²) in [6.45, 7) is 4.00. The van der Waals surface area contributed by atoms with Crippen LogP contribution in [-0.4, -0.2) is 28.0 Å². The molecule has 6 nitrogen and oxygen atoms in total. The predicted molar refractivity (Wildman–Crippen MR) is 135 cm³/mol. The number of rotatable bonds is 3. The quantitative estimate of drug-likeness (QED) is 0.376. The normalized spacial score (nSPS) is 15.2. The van der Waals surface area contributed by atoms with E-state index >= 15 is 0 Å². The molecule has 1 aliphatic heterocycles. The zero-order valence-corrected chi connectivity index (χ0v) is 19.1. The van der Waals surface area contributed by atoms with Crippen molar-refractivity contribution in [2.45, 2.75) is 20.0 Å². The van der Waals surface area contributed by atoms with Gasteiger partial charge in [-0.05, 0) is 42.1 Å². The molecule has 4 N–H and O–H groups in total. The van der Waals surface area contributed by atoms with Gasteiger partial charge in [0.2, 0.25) is 6.17 Å². The molecule has 0 fully saturated rings. The molecular formula is C25H24FN5OS. The van der Waals surface area contributed by atoms with Crippen molar-refractivity contribution in [3.8, 4) is 0 Å². The first-order chi connectivity index (χ1) is 16.0. The van der Waals surface area contributed by atoms with E-state index in [0.29, 0.717) is 17.0 Å². The SMILES string of the molecule is CC.N=C(S/C(N)=N/C1N=C(c2ccccc2)c2ccccc2NC1=O)c1ccc(F)cc1. The molecule has 4 rings (SSSR count). The van der Waals surface area contributed by atoms with Crippen LogP contribution >= 0.6 is 11.8 Å². The Kier molecular flexibility index (Phi) is 8.10. The monoisotopic (exact) mass is 461 g/mol. The number of fused-ring (bicyclic) bond motifs is 1. The second-order valence-electron chi connectivity index (χ2n) is 6.66. The van der Waals surface area contributed by atoms with E-state index in [1.54, 1.807) is 6.07 Å². The van der Waals surface area contributed by atoms with E-state index in [9.17, 15) is 9.18 Å². The summed E-state index contributed by atoms with van der Waals surface area (Å²) in [5, 5.41) is 11.1. The van der Waals surface area contributed by atoms with E-state index in [2.05, 4.69) is 15.3 Å². The van der Waals surface area contributed by atoms with Crippen molar-refractivity contribution in [1.29, 1.82) is 5.41 Å². The zero-order chi connectivity index (χ0) is 23.8. The number of amidine groups is 1. The molecule has 1 unspecified atom stereocenters. The highest BCUT2D eigenvalue weighted by atomic mass is 32.2. The molecule has 8 heteroatoms. The number of nitrogens with zero attached hydrogens (tertiary/aromatic N) is 2. The molecule has 3 aromatic rings. The minimum absolute atomic E-state index is 0.0107. The topological polar surface area (TPSA) is 104 Å². The van der Waals surface area contributed by atoms with Crippen LogP contribution in [0.4, 0.5) is 10.1 Å². The highest BCUT2D eigenvalue weighted by Gasteiger charge is 2.25. The minimum atomic E-state index is -1.11. The number of carbonyl (C=O) groups is 1. The lowest BCUT2D eigenvalue weighted by Crippen LogP contribution is -2.26. The molecule has 1 amide bonds. The van der Waals surface area contributed by atoms with E-state index < -0.39 is 12.1 Å². The smallest absolute Gasteiger partial charge is 0.271 e. The standard InChI is InChI=1S/C23H18FN5OS.C2H6/c24-16-12-10-15(11-13-16)20(25)31-23(26)29-21-22(30)27-18-9-5-4-8-17(18)19(28-21)14-6-2-1-3-7-14;1-2/h1-13,21,25H,(H2,26,29)(H,27,30);1-2H3. The maximum Gasteiger partial charge on any atom is 0.271 e. The number of amides is 1. The molecular weight excluding hydrogens is 437 g/mol. The molecule has 1 heterocycles. The van der Waals surface area contributed by atoms with Crippen LogP contribution in [0, 0.1) is 11.2 Å². The summed E-state index contributed by atoms with van der Waals surface area (Å²) < 4.78 is 13.1. The lowest BCUT2D eigenvalue weighted by Gasteiger charge is -2.09. The summed E-state index contributed by atoms with van der Waals surface area (Å²) in [4.78, 5) is 21.7. The zero-order valence-electron chi connectivity index (χ0n) is 18.2. The molecule has 0 saturated heterocycles. The van der Waals surface area contributed by atoms with Gasteiger partial charge in [-0.2, -0.15) is 0 Å². The number of anilines is 1. The lowest BCUT2D eigenvalue weighted by atomic mass is 10.0. The van der Waals surface area contributed by atoms with Crippen LogP contribution < -0.4 is 11.1 Å². The molecule has 168 valence electrons. The summed E-state index contributed by atoms with van der Waals surface area (Å²) >= 11 is 0.881. The first kappa shape index (κ1) is 23.9. The fourth-order valence-electron chi connectivity index (χ4n) is 3.07. The number of aliphatic imine (C=N–C) groups is 2. The van der Waals surface area contributed by atoms with Crippen LogP contribution in [0.3, 0.4) is 0 Å². The van der Waals surface area contributed by atoms with Gasteiger partial charge in [0.15, 0.2) is 5.17 Å². The van der Waals surface area contributed by atoms with Crippen molar-refractivity contribution in [3.63, 3.8) is 0 Å². The van der Waals surface area contributed by atoms with Gasteiger partial charge in [0.25, 0.3) is 5.91 Å². The van der Waals surface area contributed by atoms with Crippen LogP contribution in [0.2, 0.25) is 0 Å². The maximum atomic E-state index is 13.1. The fraction of sp³-hybridized carbons (Fsp3) is 0.120. The second-order valence-corrected chi connectivity index (χ2v) is 7.69. The number of carbonyl (C=O) groups excluding carboxylic acids is 1. The van der Waals surface area contributed by atoms with Gasteiger partial charge >= 0.3 is 0 Å². The van der Waals surface area contributed by atoms with E-state index in [0.717, 1.165) is 22.9 Å². The minimum Gasteiger partial charge on any atom is -0.378 e. The summed E-state index contributed by atoms with van der Waals surface area (Å²) in [5.41, 5.74) is 9.40. The Morgan fingerprint density at radius 3 is 2.36 bits per heavy atom. The molecule has 0 aliphatic carbocycles. The predicted octanol–water partition coefficient (Wildman–Crippen LogP) is 5.04. The van der Waals surface area contributed by atoms with Gasteiger partial charge in [-0.1, -0.05) is 62.4 Å². The number of benzene rings is 3. The highest BCUT2D eigenvalue weighted by molar-refractivity contribution is 8.26. The van der Waals surface area contributed by atoms with Gasteiger partial charge in [0.05, 0.1) is 11.4 Å².